The van der Waals surface area contributed by atoms with Gasteiger partial charge in [-0.3, -0.25) is 4.79 Å². The average Bonchev–Trinajstić information content (AvgIpc) is 2.51. The summed E-state index contributed by atoms with van der Waals surface area (Å²) in [7, 11) is 3.37. The Morgan fingerprint density at radius 3 is 1.85 bits per heavy atom. The van der Waals surface area contributed by atoms with Gasteiger partial charge in [-0.2, -0.15) is 0 Å². The molecule has 0 rings (SSSR count). The molecule has 0 heterocycles. The molecule has 0 atom stereocenters. The molecule has 124 valence electrons. The first-order valence-electron chi connectivity index (χ1n) is 8.06. The molecular formula is C16H37NO3. The smallest absolute Gasteiger partial charge is 0.220 e. The number of carbonyl (C=O) groups is 1. The van der Waals surface area contributed by atoms with Crippen LogP contribution in [0, 0.1) is 0 Å². The fraction of sp³-hybridized carbons (Fsp3) is 0.938. The third-order valence-corrected chi connectivity index (χ3v) is 2.35. The topological polar surface area (TPSA) is 47.6 Å². The summed E-state index contributed by atoms with van der Waals surface area (Å²) in [4.78, 5) is 11.3. The molecule has 0 saturated heterocycles. The molecule has 0 aromatic rings. The van der Waals surface area contributed by atoms with E-state index in [0.717, 1.165) is 38.8 Å². The second kappa shape index (κ2) is 26.9. The molecule has 20 heavy (non-hydrogen) atoms. The van der Waals surface area contributed by atoms with E-state index in [4.69, 9.17) is 9.47 Å². The zero-order chi connectivity index (χ0) is 16.1. The maximum atomic E-state index is 11.3. The molecule has 1 amide bonds. The fourth-order valence-electron chi connectivity index (χ4n) is 1.42. The molecule has 0 aromatic carbocycles. The molecule has 0 bridgehead atoms. The highest BCUT2D eigenvalue weighted by Gasteiger charge is 1.99. The standard InChI is InChI=1S/C12H25NO3.2C2H6/c1-15-10-6-4-3-5-9-13-12(14)8-7-11-16-2;2*1-2/h3-11H2,1-2H3,(H,13,14);2*1-2H3. The number of hydrogen-bond donors (Lipinski definition) is 1. The largest absolute Gasteiger partial charge is 0.385 e. The van der Waals surface area contributed by atoms with E-state index >= 15 is 0 Å². The monoisotopic (exact) mass is 291 g/mol. The third kappa shape index (κ3) is 26.1. The van der Waals surface area contributed by atoms with Gasteiger partial charge in [-0.15, -0.1) is 0 Å². The second-order valence-corrected chi connectivity index (χ2v) is 3.85. The van der Waals surface area contributed by atoms with E-state index < -0.39 is 0 Å². The first kappa shape index (κ1) is 24.4. The number of methoxy groups -OCH3 is 2. The lowest BCUT2D eigenvalue weighted by atomic mass is 10.2. The Kier molecular flexibility index (Phi) is 32.8. The van der Waals surface area contributed by atoms with Gasteiger partial charge in [0.25, 0.3) is 0 Å². The van der Waals surface area contributed by atoms with Crippen LogP contribution >= 0.6 is 0 Å². The van der Waals surface area contributed by atoms with E-state index in [-0.39, 0.29) is 5.91 Å². The Morgan fingerprint density at radius 1 is 0.800 bits per heavy atom. The predicted molar refractivity (Wildman–Crippen MR) is 87.2 cm³/mol. The van der Waals surface area contributed by atoms with Gasteiger partial charge in [-0.1, -0.05) is 40.5 Å². The maximum absolute atomic E-state index is 11.3. The Balaban J connectivity index is -0.000000656. The van der Waals surface area contributed by atoms with Crippen molar-refractivity contribution in [1.82, 2.24) is 5.32 Å². The Hall–Kier alpha value is -0.610. The van der Waals surface area contributed by atoms with Crippen LogP contribution in [-0.4, -0.2) is 39.9 Å². The molecule has 1 N–H and O–H groups in total. The van der Waals surface area contributed by atoms with Gasteiger partial charge in [0.1, 0.15) is 0 Å². The van der Waals surface area contributed by atoms with E-state index in [1.54, 1.807) is 14.2 Å². The fourth-order valence-corrected chi connectivity index (χ4v) is 1.42. The quantitative estimate of drug-likeness (QED) is 0.589. The van der Waals surface area contributed by atoms with Crippen molar-refractivity contribution in [2.45, 2.75) is 66.2 Å². The van der Waals surface area contributed by atoms with E-state index in [0.29, 0.717) is 13.0 Å². The van der Waals surface area contributed by atoms with Crippen LogP contribution in [-0.2, 0) is 14.3 Å². The molecule has 0 aliphatic rings. The van der Waals surface area contributed by atoms with E-state index in [9.17, 15) is 4.79 Å². The van der Waals surface area contributed by atoms with Gasteiger partial charge in [0.15, 0.2) is 0 Å². The van der Waals surface area contributed by atoms with Crippen molar-refractivity contribution in [3.8, 4) is 0 Å². The SMILES string of the molecule is CC.CC.COCCCCCCNC(=O)CCCOC. The summed E-state index contributed by atoms with van der Waals surface area (Å²) in [6.07, 6.45) is 5.86. The van der Waals surface area contributed by atoms with Crippen molar-refractivity contribution in [2.24, 2.45) is 0 Å². The molecule has 4 nitrogen and oxygen atoms in total. The molecule has 0 aromatic heterocycles. The van der Waals surface area contributed by atoms with Crippen LogP contribution in [0.1, 0.15) is 66.2 Å². The Labute approximate surface area is 126 Å². The highest BCUT2D eigenvalue weighted by atomic mass is 16.5. The number of hydrogen-bond acceptors (Lipinski definition) is 3. The van der Waals surface area contributed by atoms with Gasteiger partial charge >= 0.3 is 0 Å². The summed E-state index contributed by atoms with van der Waals surface area (Å²) in [5.74, 6) is 0.133. The Morgan fingerprint density at radius 2 is 1.30 bits per heavy atom. The van der Waals surface area contributed by atoms with E-state index in [2.05, 4.69) is 5.32 Å². The molecule has 0 aliphatic heterocycles. The minimum atomic E-state index is 0.133. The van der Waals surface area contributed by atoms with Crippen molar-refractivity contribution in [3.63, 3.8) is 0 Å². The maximum Gasteiger partial charge on any atom is 0.220 e. The normalized spacial score (nSPS) is 8.90. The van der Waals surface area contributed by atoms with Gasteiger partial charge in [0.2, 0.25) is 5.91 Å². The highest BCUT2D eigenvalue weighted by Crippen LogP contribution is 1.99. The van der Waals surface area contributed by atoms with Gasteiger partial charge in [-0.25, -0.2) is 0 Å². The van der Waals surface area contributed by atoms with Crippen LogP contribution in [0.3, 0.4) is 0 Å². The molecular weight excluding hydrogens is 254 g/mol. The van der Waals surface area contributed by atoms with Crippen LogP contribution < -0.4 is 5.32 Å². The van der Waals surface area contributed by atoms with E-state index in [1.165, 1.54) is 6.42 Å². The first-order chi connectivity index (χ1) is 9.81. The number of ether oxygens (including phenoxy) is 2. The lowest BCUT2D eigenvalue weighted by molar-refractivity contribution is -0.121. The summed E-state index contributed by atoms with van der Waals surface area (Å²) in [6, 6.07) is 0. The van der Waals surface area contributed by atoms with Crippen molar-refractivity contribution in [2.75, 3.05) is 34.0 Å². The van der Waals surface area contributed by atoms with Gasteiger partial charge in [0, 0.05) is 40.4 Å². The summed E-state index contributed by atoms with van der Waals surface area (Å²) in [5.41, 5.74) is 0. The number of amides is 1. The predicted octanol–water partition coefficient (Wildman–Crippen LogP) is 3.79. The summed E-state index contributed by atoms with van der Waals surface area (Å²) in [6.45, 7) is 10.3. The van der Waals surface area contributed by atoms with E-state index in [1.807, 2.05) is 27.7 Å². The van der Waals surface area contributed by atoms with Crippen molar-refractivity contribution < 1.29 is 14.3 Å². The highest BCUT2D eigenvalue weighted by molar-refractivity contribution is 5.75. The van der Waals surface area contributed by atoms with Crippen LogP contribution in [0.15, 0.2) is 0 Å². The van der Waals surface area contributed by atoms with Crippen LogP contribution in [0.2, 0.25) is 0 Å². The molecule has 0 fully saturated rings. The summed E-state index contributed by atoms with van der Waals surface area (Å²) >= 11 is 0. The number of nitrogens with one attached hydrogen (secondary N) is 1. The zero-order valence-corrected chi connectivity index (χ0v) is 14.6. The summed E-state index contributed by atoms with van der Waals surface area (Å²) < 4.78 is 9.84. The molecule has 0 saturated carbocycles. The number of carbonyl (C=O) groups excluding carboxylic acids is 1. The molecule has 0 spiro atoms. The van der Waals surface area contributed by atoms with Crippen molar-refractivity contribution in [1.29, 1.82) is 0 Å². The molecule has 4 heteroatoms. The molecule has 0 aliphatic carbocycles. The van der Waals surface area contributed by atoms with Crippen LogP contribution in [0.25, 0.3) is 0 Å². The average molecular weight is 291 g/mol. The molecule has 0 radical (unpaired) electrons. The van der Waals surface area contributed by atoms with Crippen molar-refractivity contribution >= 4 is 5.91 Å². The molecule has 0 unspecified atom stereocenters. The van der Waals surface area contributed by atoms with Gasteiger partial charge < -0.3 is 14.8 Å². The number of rotatable bonds is 11. The lowest BCUT2D eigenvalue weighted by Gasteiger charge is -2.04. The summed E-state index contributed by atoms with van der Waals surface area (Å²) in [5, 5.41) is 2.91. The minimum absolute atomic E-state index is 0.133. The number of unbranched alkanes of at least 4 members (excludes halogenated alkanes) is 3. The van der Waals surface area contributed by atoms with Crippen LogP contribution in [0.4, 0.5) is 0 Å². The van der Waals surface area contributed by atoms with Crippen molar-refractivity contribution in [3.05, 3.63) is 0 Å². The Bertz CT molecular complexity index is 164. The zero-order valence-electron chi connectivity index (χ0n) is 14.6. The minimum Gasteiger partial charge on any atom is -0.385 e. The van der Waals surface area contributed by atoms with Gasteiger partial charge in [0.05, 0.1) is 0 Å². The lowest BCUT2D eigenvalue weighted by Crippen LogP contribution is -2.24. The van der Waals surface area contributed by atoms with Gasteiger partial charge in [-0.05, 0) is 19.3 Å². The second-order valence-electron chi connectivity index (χ2n) is 3.85. The third-order valence-electron chi connectivity index (χ3n) is 2.35. The first-order valence-corrected chi connectivity index (χ1v) is 8.06. The van der Waals surface area contributed by atoms with Crippen LogP contribution in [0.5, 0.6) is 0 Å².